The van der Waals surface area contributed by atoms with E-state index in [-0.39, 0.29) is 5.41 Å². The normalized spacial score (nSPS) is 11.9. The van der Waals surface area contributed by atoms with Crippen molar-refractivity contribution in [3.05, 3.63) is 35.8 Å². The van der Waals surface area contributed by atoms with E-state index in [1.165, 1.54) is 5.57 Å². The largest absolute Gasteiger partial charge is 0.358 e. The molecule has 0 saturated carbocycles. The molecule has 0 aliphatic rings. The van der Waals surface area contributed by atoms with Gasteiger partial charge in [0.15, 0.2) is 0 Å². The van der Waals surface area contributed by atoms with Crippen molar-refractivity contribution in [1.29, 1.82) is 0 Å². The lowest BCUT2D eigenvalue weighted by atomic mass is 9.93. The van der Waals surface area contributed by atoms with Crippen LogP contribution in [0.25, 0.3) is 0 Å². The van der Waals surface area contributed by atoms with E-state index < -0.39 is 0 Å². The molecular weight excluding hydrogens is 184 g/mol. The predicted molar refractivity (Wildman–Crippen MR) is 68.8 cm³/mol. The van der Waals surface area contributed by atoms with Crippen LogP contribution in [0.2, 0.25) is 0 Å². The standard InChI is InChI=1S/C13H22N2/c1-10(2)8-12(9-14-7)15-11(3)13(4,5)6/h8-9,15H,3,7H2,1-2,4-6H3/b12-9+. The van der Waals surface area contributed by atoms with Gasteiger partial charge in [0.05, 0.1) is 5.70 Å². The van der Waals surface area contributed by atoms with Gasteiger partial charge in [-0.1, -0.05) is 32.9 Å². The van der Waals surface area contributed by atoms with Gasteiger partial charge in [0, 0.05) is 17.3 Å². The van der Waals surface area contributed by atoms with Gasteiger partial charge in [-0.15, -0.1) is 0 Å². The van der Waals surface area contributed by atoms with E-state index >= 15 is 0 Å². The molecule has 0 spiro atoms. The summed E-state index contributed by atoms with van der Waals surface area (Å²) in [4.78, 5) is 3.76. The molecule has 0 radical (unpaired) electrons. The molecule has 84 valence electrons. The molecule has 0 unspecified atom stereocenters. The molecule has 0 amide bonds. The third kappa shape index (κ3) is 5.89. The summed E-state index contributed by atoms with van der Waals surface area (Å²) in [5, 5.41) is 3.25. The molecule has 1 N–H and O–H groups in total. The molecule has 0 heterocycles. The minimum Gasteiger partial charge on any atom is -0.358 e. The summed E-state index contributed by atoms with van der Waals surface area (Å²) in [5.74, 6) is 0. The average Bonchev–Trinajstić information content (AvgIpc) is 2.01. The first-order valence-electron chi connectivity index (χ1n) is 5.04. The fourth-order valence-electron chi connectivity index (χ4n) is 0.877. The molecule has 0 aromatic heterocycles. The zero-order valence-electron chi connectivity index (χ0n) is 10.5. The molecule has 0 bridgehead atoms. The van der Waals surface area contributed by atoms with Crippen molar-refractivity contribution >= 4 is 6.72 Å². The van der Waals surface area contributed by atoms with E-state index in [0.717, 1.165) is 11.4 Å². The van der Waals surface area contributed by atoms with Crippen LogP contribution in [-0.4, -0.2) is 6.72 Å². The van der Waals surface area contributed by atoms with Crippen molar-refractivity contribution < 1.29 is 0 Å². The van der Waals surface area contributed by atoms with Crippen LogP contribution in [0.4, 0.5) is 0 Å². The summed E-state index contributed by atoms with van der Waals surface area (Å²) in [6, 6.07) is 0. The van der Waals surface area contributed by atoms with Crippen molar-refractivity contribution in [2.75, 3.05) is 0 Å². The average molecular weight is 206 g/mol. The molecule has 0 aliphatic carbocycles. The predicted octanol–water partition coefficient (Wildman–Crippen LogP) is 3.64. The number of nitrogens with one attached hydrogen (secondary N) is 1. The first kappa shape index (κ1) is 13.7. The number of nitrogens with zero attached hydrogens (tertiary/aromatic N) is 1. The van der Waals surface area contributed by atoms with Crippen molar-refractivity contribution in [1.82, 2.24) is 5.32 Å². The summed E-state index contributed by atoms with van der Waals surface area (Å²) >= 11 is 0. The Kier molecular flexibility index (Phi) is 5.06. The lowest BCUT2D eigenvalue weighted by molar-refractivity contribution is 0.478. The van der Waals surface area contributed by atoms with E-state index in [2.05, 4.69) is 44.4 Å². The number of allylic oxidation sites excluding steroid dienone is 3. The highest BCUT2D eigenvalue weighted by atomic mass is 14.9. The number of rotatable bonds is 4. The van der Waals surface area contributed by atoms with Gasteiger partial charge in [-0.2, -0.15) is 0 Å². The van der Waals surface area contributed by atoms with Crippen molar-refractivity contribution in [3.8, 4) is 0 Å². The van der Waals surface area contributed by atoms with Gasteiger partial charge in [-0.25, -0.2) is 0 Å². The molecule has 0 aromatic carbocycles. The second kappa shape index (κ2) is 5.54. The Balaban J connectivity index is 4.73. The second-order valence-electron chi connectivity index (χ2n) is 4.84. The van der Waals surface area contributed by atoms with Gasteiger partial charge in [0.2, 0.25) is 0 Å². The maximum atomic E-state index is 4.01. The maximum Gasteiger partial charge on any atom is 0.0566 e. The van der Waals surface area contributed by atoms with Gasteiger partial charge in [-0.05, 0) is 26.6 Å². The van der Waals surface area contributed by atoms with E-state index in [9.17, 15) is 0 Å². The molecular formula is C13H22N2. The molecule has 15 heavy (non-hydrogen) atoms. The van der Waals surface area contributed by atoms with Crippen LogP contribution in [0.5, 0.6) is 0 Å². The molecule has 0 aliphatic heterocycles. The van der Waals surface area contributed by atoms with Gasteiger partial charge in [0.25, 0.3) is 0 Å². The highest BCUT2D eigenvalue weighted by molar-refractivity contribution is 5.31. The van der Waals surface area contributed by atoms with Crippen molar-refractivity contribution in [2.24, 2.45) is 10.4 Å². The van der Waals surface area contributed by atoms with Crippen LogP contribution in [-0.2, 0) is 0 Å². The Labute approximate surface area is 93.5 Å². The lowest BCUT2D eigenvalue weighted by Gasteiger charge is -2.23. The summed E-state index contributed by atoms with van der Waals surface area (Å²) in [5.41, 5.74) is 3.13. The number of hydrogen-bond acceptors (Lipinski definition) is 2. The Bertz CT molecular complexity index is 297. The van der Waals surface area contributed by atoms with Gasteiger partial charge >= 0.3 is 0 Å². The second-order valence-corrected chi connectivity index (χ2v) is 4.84. The minimum absolute atomic E-state index is 0.0374. The zero-order valence-corrected chi connectivity index (χ0v) is 10.5. The van der Waals surface area contributed by atoms with Crippen LogP contribution in [0, 0.1) is 5.41 Å². The Morgan fingerprint density at radius 2 is 1.80 bits per heavy atom. The molecule has 0 atom stereocenters. The summed E-state index contributed by atoms with van der Waals surface area (Å²) in [6.07, 6.45) is 3.72. The lowest BCUT2D eigenvalue weighted by Crippen LogP contribution is -2.22. The van der Waals surface area contributed by atoms with E-state index in [4.69, 9.17) is 0 Å². The van der Waals surface area contributed by atoms with E-state index in [1.807, 2.05) is 19.9 Å². The van der Waals surface area contributed by atoms with Crippen LogP contribution in [0.1, 0.15) is 34.6 Å². The Morgan fingerprint density at radius 3 is 2.13 bits per heavy atom. The molecule has 2 heteroatoms. The van der Waals surface area contributed by atoms with Crippen molar-refractivity contribution in [2.45, 2.75) is 34.6 Å². The third-order valence-electron chi connectivity index (χ3n) is 1.88. The van der Waals surface area contributed by atoms with Crippen LogP contribution in [0.3, 0.4) is 0 Å². The van der Waals surface area contributed by atoms with E-state index in [0.29, 0.717) is 0 Å². The van der Waals surface area contributed by atoms with Crippen molar-refractivity contribution in [3.63, 3.8) is 0 Å². The maximum absolute atomic E-state index is 4.01. The first-order chi connectivity index (χ1) is 6.77. The fourth-order valence-corrected chi connectivity index (χ4v) is 0.877. The summed E-state index contributed by atoms with van der Waals surface area (Å²) in [6.45, 7) is 17.9. The van der Waals surface area contributed by atoms with Crippen LogP contribution in [0.15, 0.2) is 40.8 Å². The molecule has 0 fully saturated rings. The monoisotopic (exact) mass is 206 g/mol. The number of hydrogen-bond donors (Lipinski definition) is 1. The van der Waals surface area contributed by atoms with Crippen LogP contribution >= 0.6 is 0 Å². The molecule has 0 aromatic rings. The molecule has 0 saturated heterocycles. The first-order valence-corrected chi connectivity index (χ1v) is 5.04. The van der Waals surface area contributed by atoms with E-state index in [1.54, 1.807) is 6.20 Å². The third-order valence-corrected chi connectivity index (χ3v) is 1.88. The SMILES string of the molecule is C=N/C=C(\C=C(C)C)NC(=C)C(C)(C)C. The van der Waals surface area contributed by atoms with Crippen LogP contribution < -0.4 is 5.32 Å². The van der Waals surface area contributed by atoms with Gasteiger partial charge in [-0.3, -0.25) is 4.99 Å². The fraction of sp³-hybridized carbons (Fsp3) is 0.462. The smallest absolute Gasteiger partial charge is 0.0566 e. The highest BCUT2D eigenvalue weighted by Gasteiger charge is 2.14. The van der Waals surface area contributed by atoms with Gasteiger partial charge in [0.1, 0.15) is 0 Å². The summed E-state index contributed by atoms with van der Waals surface area (Å²) in [7, 11) is 0. The van der Waals surface area contributed by atoms with Gasteiger partial charge < -0.3 is 5.32 Å². The Morgan fingerprint density at radius 1 is 1.27 bits per heavy atom. The topological polar surface area (TPSA) is 24.4 Å². The molecule has 0 rings (SSSR count). The quantitative estimate of drug-likeness (QED) is 0.551. The minimum atomic E-state index is 0.0374. The molecule has 2 nitrogen and oxygen atoms in total. The highest BCUT2D eigenvalue weighted by Crippen LogP contribution is 2.22. The zero-order chi connectivity index (χ0) is 12.1. The summed E-state index contributed by atoms with van der Waals surface area (Å²) < 4.78 is 0. The number of aliphatic imine (C=N–C) groups is 1. The Hall–Kier alpha value is -1.31.